The van der Waals surface area contributed by atoms with Crippen molar-refractivity contribution in [3.05, 3.63) is 107 Å². The van der Waals surface area contributed by atoms with Crippen molar-refractivity contribution < 1.29 is 4.79 Å². The number of rotatable bonds is 8. The number of halogens is 1. The zero-order chi connectivity index (χ0) is 23.0. The molecule has 164 valence electrons. The molecule has 0 saturated heterocycles. The van der Waals surface area contributed by atoms with E-state index < -0.39 is 0 Å². The predicted octanol–water partition coefficient (Wildman–Crippen LogP) is 4.34. The van der Waals surface area contributed by atoms with Gasteiger partial charge in [0.2, 0.25) is 5.91 Å². The van der Waals surface area contributed by atoms with E-state index >= 15 is 0 Å². The van der Waals surface area contributed by atoms with E-state index in [-0.39, 0.29) is 24.0 Å². The summed E-state index contributed by atoms with van der Waals surface area (Å²) in [5.74, 6) is 0.0335. The third kappa shape index (κ3) is 5.39. The number of amides is 1. The molecule has 2 aromatic carbocycles. The molecule has 1 amide bonds. The summed E-state index contributed by atoms with van der Waals surface area (Å²) in [5, 5.41) is 23.5. The van der Waals surface area contributed by atoms with Crippen LogP contribution >= 0.6 is 11.6 Å². The van der Waals surface area contributed by atoms with E-state index in [4.69, 9.17) is 17.0 Å². The molecule has 4 aromatic rings. The average Bonchev–Trinajstić information content (AvgIpc) is 2.87. The van der Waals surface area contributed by atoms with Crippen molar-refractivity contribution in [3.63, 3.8) is 0 Å². The first-order valence-corrected chi connectivity index (χ1v) is 10.7. The zero-order valence-electron chi connectivity index (χ0n) is 17.6. The lowest BCUT2D eigenvalue weighted by Crippen LogP contribution is -2.30. The number of hydrogen-bond donors (Lipinski definition) is 3. The molecule has 0 bridgehead atoms. The maximum absolute atomic E-state index is 12.4. The molecule has 0 unspecified atom stereocenters. The quantitative estimate of drug-likeness (QED) is 0.342. The number of carbonyl (C=O) groups is 1. The molecule has 4 rings (SSSR count). The van der Waals surface area contributed by atoms with Crippen LogP contribution in [0.15, 0.2) is 85.2 Å². The number of carbonyl (C=O) groups excluding carboxylic acids is 1. The van der Waals surface area contributed by atoms with E-state index in [1.165, 1.54) is 0 Å². The summed E-state index contributed by atoms with van der Waals surface area (Å²) in [6, 6.07) is 22.4. The van der Waals surface area contributed by atoms with E-state index in [0.29, 0.717) is 28.4 Å². The van der Waals surface area contributed by atoms with Crippen LogP contribution in [0.25, 0.3) is 11.3 Å². The Balaban J connectivity index is 1.59. The van der Waals surface area contributed by atoms with Crippen LogP contribution < -0.4 is 10.6 Å². The smallest absolute Gasteiger partial charge is 0.239 e. The Bertz CT molecular complexity index is 1250. The van der Waals surface area contributed by atoms with Crippen molar-refractivity contribution >= 4 is 29.0 Å². The molecular weight excluding hydrogens is 436 g/mol. The lowest BCUT2D eigenvalue weighted by Gasteiger charge is -2.15. The van der Waals surface area contributed by atoms with Crippen LogP contribution in [-0.2, 0) is 11.3 Å². The number of hydrogen-bond acceptors (Lipinski definition) is 6. The second-order valence-corrected chi connectivity index (χ2v) is 7.56. The third-order valence-corrected chi connectivity index (χ3v) is 5.27. The molecule has 0 aliphatic heterocycles. The SMILES string of the molecule is N=C(c1ccccc1)c1c(NCC(=O)NCc2cccnc2)nnc(-c2ccccc2)c1Cl. The van der Waals surface area contributed by atoms with Gasteiger partial charge in [-0.1, -0.05) is 78.3 Å². The van der Waals surface area contributed by atoms with Gasteiger partial charge in [0, 0.05) is 30.1 Å². The van der Waals surface area contributed by atoms with E-state index in [9.17, 15) is 4.79 Å². The molecule has 0 atom stereocenters. The maximum Gasteiger partial charge on any atom is 0.239 e. The Hall–Kier alpha value is -4.10. The Morgan fingerprint density at radius 1 is 0.939 bits per heavy atom. The molecular formula is C25H21ClN6O. The summed E-state index contributed by atoms with van der Waals surface area (Å²) in [4.78, 5) is 16.4. The minimum absolute atomic E-state index is 0.0506. The number of nitrogens with zero attached hydrogens (tertiary/aromatic N) is 3. The van der Waals surface area contributed by atoms with Gasteiger partial charge < -0.3 is 10.6 Å². The largest absolute Gasteiger partial charge is 0.359 e. The molecule has 0 spiro atoms. The molecule has 2 aromatic heterocycles. The zero-order valence-corrected chi connectivity index (χ0v) is 18.4. The highest BCUT2D eigenvalue weighted by atomic mass is 35.5. The first kappa shape index (κ1) is 22.1. The molecule has 0 saturated carbocycles. The standard InChI is InChI=1S/C25H21ClN6O/c26-22-21(23(27)18-9-3-1-4-10-18)25(32-31-24(22)19-11-5-2-6-12-19)30-16-20(33)29-15-17-8-7-13-28-14-17/h1-14,27H,15-16H2,(H,29,33)(H,30,32). The normalized spacial score (nSPS) is 10.5. The number of nitrogens with one attached hydrogen (secondary N) is 3. The van der Waals surface area contributed by atoms with Gasteiger partial charge in [-0.3, -0.25) is 15.2 Å². The van der Waals surface area contributed by atoms with Crippen molar-refractivity contribution in [3.8, 4) is 11.3 Å². The highest BCUT2D eigenvalue weighted by Gasteiger charge is 2.21. The molecule has 0 aliphatic carbocycles. The molecule has 2 heterocycles. The van der Waals surface area contributed by atoms with Gasteiger partial charge in [-0.15, -0.1) is 10.2 Å². The van der Waals surface area contributed by atoms with Gasteiger partial charge >= 0.3 is 0 Å². The van der Waals surface area contributed by atoms with Crippen LogP contribution in [0.5, 0.6) is 0 Å². The van der Waals surface area contributed by atoms with Crippen LogP contribution in [0.1, 0.15) is 16.7 Å². The second-order valence-electron chi connectivity index (χ2n) is 7.18. The van der Waals surface area contributed by atoms with Crippen LogP contribution in [0.3, 0.4) is 0 Å². The van der Waals surface area contributed by atoms with E-state index in [2.05, 4.69) is 25.8 Å². The van der Waals surface area contributed by atoms with Crippen LogP contribution in [0.4, 0.5) is 5.82 Å². The predicted molar refractivity (Wildman–Crippen MR) is 129 cm³/mol. The van der Waals surface area contributed by atoms with Crippen molar-refractivity contribution in [2.45, 2.75) is 6.54 Å². The highest BCUT2D eigenvalue weighted by molar-refractivity contribution is 6.38. The van der Waals surface area contributed by atoms with Gasteiger partial charge in [0.15, 0.2) is 5.82 Å². The fourth-order valence-electron chi connectivity index (χ4n) is 3.23. The van der Waals surface area contributed by atoms with Crippen LogP contribution in [-0.4, -0.2) is 33.3 Å². The number of aromatic nitrogens is 3. The van der Waals surface area contributed by atoms with E-state index in [1.54, 1.807) is 12.4 Å². The monoisotopic (exact) mass is 456 g/mol. The molecule has 0 radical (unpaired) electrons. The summed E-state index contributed by atoms with van der Waals surface area (Å²) < 4.78 is 0. The Morgan fingerprint density at radius 2 is 1.67 bits per heavy atom. The average molecular weight is 457 g/mol. The lowest BCUT2D eigenvalue weighted by atomic mass is 10.0. The molecule has 3 N–H and O–H groups in total. The number of benzene rings is 2. The molecule has 33 heavy (non-hydrogen) atoms. The topological polar surface area (TPSA) is 104 Å². The minimum Gasteiger partial charge on any atom is -0.359 e. The fraction of sp³-hybridized carbons (Fsp3) is 0.0800. The van der Waals surface area contributed by atoms with Gasteiger partial charge in [-0.05, 0) is 11.6 Å². The van der Waals surface area contributed by atoms with Crippen molar-refractivity contribution in [2.75, 3.05) is 11.9 Å². The molecule has 8 heteroatoms. The van der Waals surface area contributed by atoms with Gasteiger partial charge in [0.1, 0.15) is 5.69 Å². The molecule has 0 aliphatic rings. The van der Waals surface area contributed by atoms with Gasteiger partial charge in [0.25, 0.3) is 0 Å². The second kappa shape index (κ2) is 10.5. The number of pyridine rings is 1. The van der Waals surface area contributed by atoms with Crippen molar-refractivity contribution in [1.82, 2.24) is 20.5 Å². The van der Waals surface area contributed by atoms with E-state index in [1.807, 2.05) is 72.8 Å². The van der Waals surface area contributed by atoms with E-state index in [0.717, 1.165) is 11.1 Å². The highest BCUT2D eigenvalue weighted by Crippen LogP contribution is 2.33. The molecule has 7 nitrogen and oxygen atoms in total. The molecule has 0 fully saturated rings. The van der Waals surface area contributed by atoms with Crippen LogP contribution in [0, 0.1) is 5.41 Å². The van der Waals surface area contributed by atoms with Gasteiger partial charge in [0.05, 0.1) is 22.8 Å². The fourth-order valence-corrected chi connectivity index (χ4v) is 3.56. The van der Waals surface area contributed by atoms with Crippen molar-refractivity contribution in [1.29, 1.82) is 5.41 Å². The first-order chi connectivity index (χ1) is 16.1. The summed E-state index contributed by atoms with van der Waals surface area (Å²) in [6.07, 6.45) is 3.37. The Morgan fingerprint density at radius 3 is 2.36 bits per heavy atom. The Labute approximate surface area is 196 Å². The first-order valence-electron chi connectivity index (χ1n) is 10.3. The Kier molecular flexibility index (Phi) is 7.02. The van der Waals surface area contributed by atoms with Crippen molar-refractivity contribution in [2.24, 2.45) is 0 Å². The third-order valence-electron chi connectivity index (χ3n) is 4.90. The lowest BCUT2D eigenvalue weighted by molar-refractivity contribution is -0.119. The maximum atomic E-state index is 12.4. The van der Waals surface area contributed by atoms with Gasteiger partial charge in [-0.2, -0.15) is 0 Å². The van der Waals surface area contributed by atoms with Gasteiger partial charge in [-0.25, -0.2) is 0 Å². The summed E-state index contributed by atoms with van der Waals surface area (Å²) in [7, 11) is 0. The summed E-state index contributed by atoms with van der Waals surface area (Å²) >= 11 is 6.76. The van der Waals surface area contributed by atoms with Crippen LogP contribution in [0.2, 0.25) is 5.02 Å². The summed E-state index contributed by atoms with van der Waals surface area (Å²) in [5.41, 5.74) is 3.41. The summed E-state index contributed by atoms with van der Waals surface area (Å²) in [6.45, 7) is 0.311. The minimum atomic E-state index is -0.235. The number of anilines is 1.